The zero-order valence-corrected chi connectivity index (χ0v) is 16.1. The van der Waals surface area contributed by atoms with E-state index in [1.165, 1.54) is 12.1 Å². The molecular weight excluding hydrogens is 387 g/mol. The molecule has 6 heteroatoms. The number of halogens is 2. The predicted molar refractivity (Wildman–Crippen MR) is 104 cm³/mol. The van der Waals surface area contributed by atoms with Gasteiger partial charge in [-0.2, -0.15) is 0 Å². The molecule has 25 heavy (non-hydrogen) atoms. The number of anilines is 1. The van der Waals surface area contributed by atoms with Crippen molar-refractivity contribution in [3.63, 3.8) is 0 Å². The molecule has 0 saturated heterocycles. The molecule has 3 rings (SSSR count). The smallest absolute Gasteiger partial charge is 0.255 e. The molecule has 1 heterocycles. The first kappa shape index (κ1) is 19.0. The number of carbonyl (C=O) groups is 1. The molecule has 0 spiro atoms. The second-order valence-electron chi connectivity index (χ2n) is 4.97. The van der Waals surface area contributed by atoms with Gasteiger partial charge in [0.1, 0.15) is 17.2 Å². The van der Waals surface area contributed by atoms with E-state index in [9.17, 15) is 9.18 Å². The van der Waals surface area contributed by atoms with Crippen LogP contribution < -0.4 is 10.6 Å². The van der Waals surface area contributed by atoms with Crippen molar-refractivity contribution in [1.29, 1.82) is 0 Å². The number of benzene rings is 2. The van der Waals surface area contributed by atoms with Crippen LogP contribution in [0.3, 0.4) is 0 Å². The van der Waals surface area contributed by atoms with Gasteiger partial charge in [-0.05, 0) is 46.3 Å². The van der Waals surface area contributed by atoms with Gasteiger partial charge in [0.25, 0.3) is 5.91 Å². The van der Waals surface area contributed by atoms with Crippen molar-refractivity contribution in [1.82, 2.24) is 5.32 Å². The van der Waals surface area contributed by atoms with Gasteiger partial charge >= 0.3 is 0 Å². The maximum absolute atomic E-state index is 13.2. The molecule has 0 aliphatic rings. The average molecular weight is 407 g/mol. The van der Waals surface area contributed by atoms with Crippen LogP contribution >= 0.6 is 15.9 Å². The lowest BCUT2D eigenvalue weighted by Gasteiger charge is -2.04. The Morgan fingerprint density at radius 3 is 2.32 bits per heavy atom. The molecule has 0 saturated carbocycles. The zero-order chi connectivity index (χ0) is 18.6. The number of amides is 1. The van der Waals surface area contributed by atoms with Crippen LogP contribution in [-0.2, 0) is 0 Å². The van der Waals surface area contributed by atoms with Crippen molar-refractivity contribution in [2.75, 3.05) is 19.4 Å². The van der Waals surface area contributed by atoms with E-state index >= 15 is 0 Å². The molecule has 2 N–H and O–H groups in total. The van der Waals surface area contributed by atoms with E-state index < -0.39 is 0 Å². The van der Waals surface area contributed by atoms with Crippen molar-refractivity contribution in [2.45, 2.75) is 13.8 Å². The molecule has 2 aromatic carbocycles. The Labute approximate surface area is 154 Å². The van der Waals surface area contributed by atoms with Crippen LogP contribution in [0.4, 0.5) is 10.1 Å². The molecule has 4 nitrogen and oxygen atoms in total. The van der Waals surface area contributed by atoms with Crippen LogP contribution in [-0.4, -0.2) is 20.0 Å². The Balaban J connectivity index is 0.00000109. The van der Waals surface area contributed by atoms with Crippen LogP contribution in [0.5, 0.6) is 0 Å². The number of nitrogens with one attached hydrogen (secondary N) is 2. The number of hydrogen-bond acceptors (Lipinski definition) is 3. The predicted octanol–water partition coefficient (Wildman–Crippen LogP) is 5.43. The minimum absolute atomic E-state index is 0.257. The molecule has 0 bridgehead atoms. The summed E-state index contributed by atoms with van der Waals surface area (Å²) in [6.07, 6.45) is 0. The second-order valence-corrected chi connectivity index (χ2v) is 5.82. The summed E-state index contributed by atoms with van der Waals surface area (Å²) in [7, 11) is 3.36. The van der Waals surface area contributed by atoms with Crippen LogP contribution in [0.15, 0.2) is 45.3 Å². The minimum Gasteiger partial charge on any atom is -0.455 e. The summed E-state index contributed by atoms with van der Waals surface area (Å²) in [4.78, 5) is 12.3. The van der Waals surface area contributed by atoms with Crippen molar-refractivity contribution in [3.05, 3.63) is 52.3 Å². The fraction of sp³-hybridized carbons (Fsp3) is 0.211. The lowest BCUT2D eigenvalue weighted by Crippen LogP contribution is -2.18. The Bertz CT molecular complexity index is 889. The van der Waals surface area contributed by atoms with Gasteiger partial charge in [0.2, 0.25) is 0 Å². The zero-order valence-electron chi connectivity index (χ0n) is 14.5. The van der Waals surface area contributed by atoms with Gasteiger partial charge in [0.05, 0.1) is 11.3 Å². The Morgan fingerprint density at radius 2 is 1.76 bits per heavy atom. The summed E-state index contributed by atoms with van der Waals surface area (Å²) >= 11 is 3.47. The lowest BCUT2D eigenvalue weighted by molar-refractivity contribution is 0.0964. The van der Waals surface area contributed by atoms with Gasteiger partial charge in [-0.25, -0.2) is 4.39 Å². The van der Waals surface area contributed by atoms with E-state index in [4.69, 9.17) is 4.42 Å². The monoisotopic (exact) mass is 406 g/mol. The van der Waals surface area contributed by atoms with E-state index in [1.54, 1.807) is 26.2 Å². The number of rotatable bonds is 3. The fourth-order valence-corrected chi connectivity index (χ4v) is 3.00. The molecule has 0 aliphatic carbocycles. The van der Waals surface area contributed by atoms with Gasteiger partial charge in [-0.1, -0.05) is 13.8 Å². The van der Waals surface area contributed by atoms with Gasteiger partial charge in [-0.15, -0.1) is 0 Å². The van der Waals surface area contributed by atoms with Crippen molar-refractivity contribution >= 4 is 38.5 Å². The maximum Gasteiger partial charge on any atom is 0.255 e. The Hall–Kier alpha value is -2.34. The SMILES string of the molecule is CC.CNC(=O)c1c(-c2ccc(F)cc2)oc2cc(NC)c(Br)cc12. The number of fused-ring (bicyclic) bond motifs is 1. The largest absolute Gasteiger partial charge is 0.455 e. The highest BCUT2D eigenvalue weighted by Crippen LogP contribution is 2.37. The normalized spacial score (nSPS) is 10.2. The quantitative estimate of drug-likeness (QED) is 0.609. The highest BCUT2D eigenvalue weighted by Gasteiger charge is 2.22. The number of hydrogen-bond donors (Lipinski definition) is 2. The van der Waals surface area contributed by atoms with Gasteiger partial charge in [0.15, 0.2) is 0 Å². The molecule has 0 fully saturated rings. The highest BCUT2D eigenvalue weighted by atomic mass is 79.9. The number of furan rings is 1. The molecule has 0 atom stereocenters. The maximum atomic E-state index is 13.2. The fourth-order valence-electron chi connectivity index (χ4n) is 2.46. The molecular formula is C19H20BrFN2O2. The molecule has 132 valence electrons. The van der Waals surface area contributed by atoms with Gasteiger partial charge in [0, 0.05) is 35.6 Å². The van der Waals surface area contributed by atoms with E-state index in [1.807, 2.05) is 26.0 Å². The van der Waals surface area contributed by atoms with E-state index in [0.717, 1.165) is 10.2 Å². The minimum atomic E-state index is -0.341. The summed E-state index contributed by atoms with van der Waals surface area (Å²) in [5.74, 6) is -0.182. The van der Waals surface area contributed by atoms with Gasteiger partial charge < -0.3 is 15.1 Å². The topological polar surface area (TPSA) is 54.3 Å². The third-order valence-electron chi connectivity index (χ3n) is 3.61. The standard InChI is InChI=1S/C17H14BrFN2O2.C2H6/c1-20-13-8-14-11(7-12(13)18)15(17(22)21-2)16(23-14)9-3-5-10(19)6-4-9;1-2/h3-8,20H,1-2H3,(H,21,22);1-2H3. The molecule has 1 amide bonds. The summed E-state index contributed by atoms with van der Waals surface area (Å²) in [5, 5.41) is 6.36. The summed E-state index contributed by atoms with van der Waals surface area (Å²) in [6.45, 7) is 4.00. The van der Waals surface area contributed by atoms with Crippen molar-refractivity contribution in [3.8, 4) is 11.3 Å². The second kappa shape index (κ2) is 8.16. The third kappa shape index (κ3) is 3.69. The van der Waals surface area contributed by atoms with E-state index in [-0.39, 0.29) is 11.7 Å². The first-order valence-electron chi connectivity index (χ1n) is 7.97. The van der Waals surface area contributed by atoms with Crippen LogP contribution in [0.2, 0.25) is 0 Å². The Morgan fingerprint density at radius 1 is 1.12 bits per heavy atom. The third-order valence-corrected chi connectivity index (χ3v) is 4.26. The van der Waals surface area contributed by atoms with Gasteiger partial charge in [-0.3, -0.25) is 4.79 Å². The summed E-state index contributed by atoms with van der Waals surface area (Å²) in [5.41, 5.74) is 2.50. The van der Waals surface area contributed by atoms with Crippen LogP contribution in [0, 0.1) is 5.82 Å². The molecule has 0 aliphatic heterocycles. The lowest BCUT2D eigenvalue weighted by atomic mass is 10.0. The molecule has 0 unspecified atom stereocenters. The molecule has 0 radical (unpaired) electrons. The Kier molecular flexibility index (Phi) is 6.20. The average Bonchev–Trinajstić information content (AvgIpc) is 3.00. The summed E-state index contributed by atoms with van der Waals surface area (Å²) < 4.78 is 19.9. The number of carbonyl (C=O) groups excluding carboxylic acids is 1. The van der Waals surface area contributed by atoms with Crippen LogP contribution in [0.1, 0.15) is 24.2 Å². The first-order chi connectivity index (χ1) is 12.0. The first-order valence-corrected chi connectivity index (χ1v) is 8.76. The van der Waals surface area contributed by atoms with Crippen LogP contribution in [0.25, 0.3) is 22.3 Å². The van der Waals surface area contributed by atoms with Crippen molar-refractivity contribution in [2.24, 2.45) is 0 Å². The summed E-state index contributed by atoms with van der Waals surface area (Å²) in [6, 6.07) is 9.51. The van der Waals surface area contributed by atoms with E-state index in [0.29, 0.717) is 27.9 Å². The highest BCUT2D eigenvalue weighted by molar-refractivity contribution is 9.10. The molecule has 1 aromatic heterocycles. The molecule has 3 aromatic rings. The van der Waals surface area contributed by atoms with Crippen molar-refractivity contribution < 1.29 is 13.6 Å². The van der Waals surface area contributed by atoms with E-state index in [2.05, 4.69) is 26.6 Å².